The summed E-state index contributed by atoms with van der Waals surface area (Å²) in [7, 11) is 1.33. The molecule has 0 aliphatic rings. The average Bonchev–Trinajstić information content (AvgIpc) is 2.68. The van der Waals surface area contributed by atoms with Crippen LogP contribution < -0.4 is 5.32 Å². The van der Waals surface area contributed by atoms with Gasteiger partial charge in [0.15, 0.2) is 0 Å². The topological polar surface area (TPSA) is 68.3 Å². The standard InChI is InChI=1S/C22H20N2O3/c1-14-4-10-18(20-11-5-15(2)13-23-20)19(12-14)21(25)24-17-8-6-16(7-9-17)22(26)27-3/h4-13H,1-3H3,(H,24,25). The summed E-state index contributed by atoms with van der Waals surface area (Å²) in [4.78, 5) is 28.8. The predicted molar refractivity (Wildman–Crippen MR) is 105 cm³/mol. The Morgan fingerprint density at radius 2 is 1.63 bits per heavy atom. The predicted octanol–water partition coefficient (Wildman–Crippen LogP) is 4.40. The maximum absolute atomic E-state index is 12.9. The zero-order chi connectivity index (χ0) is 19.4. The van der Waals surface area contributed by atoms with Gasteiger partial charge in [0.2, 0.25) is 0 Å². The van der Waals surface area contributed by atoms with E-state index >= 15 is 0 Å². The first-order valence-corrected chi connectivity index (χ1v) is 8.51. The fraction of sp³-hybridized carbons (Fsp3) is 0.136. The van der Waals surface area contributed by atoms with E-state index in [2.05, 4.69) is 15.0 Å². The van der Waals surface area contributed by atoms with Crippen molar-refractivity contribution in [2.75, 3.05) is 12.4 Å². The summed E-state index contributed by atoms with van der Waals surface area (Å²) in [6.07, 6.45) is 1.78. The molecule has 0 unspecified atom stereocenters. The maximum Gasteiger partial charge on any atom is 0.337 e. The van der Waals surface area contributed by atoms with E-state index in [0.717, 1.165) is 22.4 Å². The molecule has 1 N–H and O–H groups in total. The van der Waals surface area contributed by atoms with Gasteiger partial charge in [0.05, 0.1) is 18.4 Å². The normalized spacial score (nSPS) is 10.3. The lowest BCUT2D eigenvalue weighted by Gasteiger charge is -2.11. The molecule has 0 spiro atoms. The highest BCUT2D eigenvalue weighted by molar-refractivity contribution is 6.08. The zero-order valence-electron chi connectivity index (χ0n) is 15.4. The summed E-state index contributed by atoms with van der Waals surface area (Å²) in [5.74, 6) is -0.652. The number of amides is 1. The lowest BCUT2D eigenvalue weighted by molar-refractivity contribution is 0.0600. The molecule has 1 amide bonds. The molecule has 0 aliphatic heterocycles. The number of nitrogens with zero attached hydrogens (tertiary/aromatic N) is 1. The highest BCUT2D eigenvalue weighted by Gasteiger charge is 2.15. The number of aromatic nitrogens is 1. The van der Waals surface area contributed by atoms with Crippen molar-refractivity contribution in [3.05, 3.63) is 83.0 Å². The summed E-state index contributed by atoms with van der Waals surface area (Å²) in [6.45, 7) is 3.91. The molecule has 0 bridgehead atoms. The minimum atomic E-state index is -0.417. The van der Waals surface area contributed by atoms with Crippen molar-refractivity contribution in [3.63, 3.8) is 0 Å². The molecule has 3 aromatic rings. The fourth-order valence-electron chi connectivity index (χ4n) is 2.70. The summed E-state index contributed by atoms with van der Waals surface area (Å²) in [6, 6.07) is 16.1. The van der Waals surface area contributed by atoms with Gasteiger partial charge in [-0.05, 0) is 55.8 Å². The van der Waals surface area contributed by atoms with Gasteiger partial charge in [-0.1, -0.05) is 23.8 Å². The van der Waals surface area contributed by atoms with Crippen molar-refractivity contribution >= 4 is 17.6 Å². The summed E-state index contributed by atoms with van der Waals surface area (Å²) >= 11 is 0. The number of benzene rings is 2. The van der Waals surface area contributed by atoms with Gasteiger partial charge >= 0.3 is 5.97 Å². The number of nitrogens with one attached hydrogen (secondary N) is 1. The maximum atomic E-state index is 12.9. The number of anilines is 1. The molecule has 1 heterocycles. The number of rotatable bonds is 4. The number of esters is 1. The van der Waals surface area contributed by atoms with E-state index in [4.69, 9.17) is 0 Å². The molecule has 2 aromatic carbocycles. The second-order valence-electron chi connectivity index (χ2n) is 6.29. The van der Waals surface area contributed by atoms with Crippen molar-refractivity contribution in [2.24, 2.45) is 0 Å². The lowest BCUT2D eigenvalue weighted by atomic mass is 10.00. The van der Waals surface area contributed by atoms with Gasteiger partial charge in [0, 0.05) is 23.0 Å². The molecule has 0 atom stereocenters. The number of carbonyl (C=O) groups is 2. The van der Waals surface area contributed by atoms with E-state index in [1.807, 2.05) is 44.2 Å². The molecular weight excluding hydrogens is 340 g/mol. The van der Waals surface area contributed by atoms with Crippen LogP contribution in [0.3, 0.4) is 0 Å². The Kier molecular flexibility index (Phi) is 5.31. The molecule has 3 rings (SSSR count). The number of hydrogen-bond donors (Lipinski definition) is 1. The molecule has 5 heteroatoms. The second kappa shape index (κ2) is 7.83. The Labute approximate surface area is 158 Å². The SMILES string of the molecule is COC(=O)c1ccc(NC(=O)c2cc(C)ccc2-c2ccc(C)cn2)cc1. The Morgan fingerprint density at radius 3 is 2.26 bits per heavy atom. The van der Waals surface area contributed by atoms with E-state index in [9.17, 15) is 9.59 Å². The molecule has 0 radical (unpaired) electrons. The van der Waals surface area contributed by atoms with E-state index in [1.54, 1.807) is 30.5 Å². The third-order valence-corrected chi connectivity index (χ3v) is 4.17. The largest absolute Gasteiger partial charge is 0.465 e. The Morgan fingerprint density at radius 1 is 0.926 bits per heavy atom. The van der Waals surface area contributed by atoms with E-state index in [1.165, 1.54) is 7.11 Å². The Bertz CT molecular complexity index is 977. The molecule has 0 fully saturated rings. The Balaban J connectivity index is 1.89. The fourth-order valence-corrected chi connectivity index (χ4v) is 2.70. The number of ether oxygens (including phenoxy) is 1. The molecule has 136 valence electrons. The van der Waals surface area contributed by atoms with Gasteiger partial charge in [-0.15, -0.1) is 0 Å². The van der Waals surface area contributed by atoms with Crippen LogP contribution >= 0.6 is 0 Å². The molecule has 0 saturated heterocycles. The first-order chi connectivity index (χ1) is 13.0. The van der Waals surface area contributed by atoms with Crippen LogP contribution in [0.1, 0.15) is 31.8 Å². The van der Waals surface area contributed by atoms with Crippen LogP contribution in [0.2, 0.25) is 0 Å². The number of methoxy groups -OCH3 is 1. The van der Waals surface area contributed by atoms with Gasteiger partial charge < -0.3 is 10.1 Å². The minimum absolute atomic E-state index is 0.234. The van der Waals surface area contributed by atoms with Crippen LogP contribution in [0.25, 0.3) is 11.3 Å². The summed E-state index contributed by atoms with van der Waals surface area (Å²) in [5, 5.41) is 2.87. The number of pyridine rings is 1. The zero-order valence-corrected chi connectivity index (χ0v) is 15.4. The van der Waals surface area contributed by atoms with Crippen molar-refractivity contribution in [2.45, 2.75) is 13.8 Å². The van der Waals surface area contributed by atoms with Crippen LogP contribution in [-0.2, 0) is 4.74 Å². The lowest BCUT2D eigenvalue weighted by Crippen LogP contribution is -2.14. The van der Waals surface area contributed by atoms with Crippen molar-refractivity contribution < 1.29 is 14.3 Å². The van der Waals surface area contributed by atoms with Gasteiger partial charge in [0.1, 0.15) is 0 Å². The van der Waals surface area contributed by atoms with Gasteiger partial charge in [0.25, 0.3) is 5.91 Å². The van der Waals surface area contributed by atoms with Crippen molar-refractivity contribution in [3.8, 4) is 11.3 Å². The third-order valence-electron chi connectivity index (χ3n) is 4.17. The second-order valence-corrected chi connectivity index (χ2v) is 6.29. The van der Waals surface area contributed by atoms with Crippen LogP contribution in [-0.4, -0.2) is 24.0 Å². The molecule has 27 heavy (non-hydrogen) atoms. The van der Waals surface area contributed by atoms with Crippen LogP contribution in [0.4, 0.5) is 5.69 Å². The molecule has 0 aliphatic carbocycles. The number of hydrogen-bond acceptors (Lipinski definition) is 4. The molecule has 1 aromatic heterocycles. The first-order valence-electron chi connectivity index (χ1n) is 8.51. The van der Waals surface area contributed by atoms with Crippen molar-refractivity contribution in [1.82, 2.24) is 4.98 Å². The van der Waals surface area contributed by atoms with E-state index in [0.29, 0.717) is 16.8 Å². The smallest absolute Gasteiger partial charge is 0.337 e. The third kappa shape index (κ3) is 4.20. The Hall–Kier alpha value is -3.47. The van der Waals surface area contributed by atoms with E-state index in [-0.39, 0.29) is 5.91 Å². The van der Waals surface area contributed by atoms with Gasteiger partial charge in [-0.2, -0.15) is 0 Å². The quantitative estimate of drug-likeness (QED) is 0.700. The molecular formula is C22H20N2O3. The van der Waals surface area contributed by atoms with Crippen LogP contribution in [0, 0.1) is 13.8 Å². The molecule has 5 nitrogen and oxygen atoms in total. The summed E-state index contributed by atoms with van der Waals surface area (Å²) in [5.41, 5.74) is 5.12. The first kappa shape index (κ1) is 18.3. The van der Waals surface area contributed by atoms with E-state index < -0.39 is 5.97 Å². The number of aryl methyl sites for hydroxylation is 2. The minimum Gasteiger partial charge on any atom is -0.465 e. The van der Waals surface area contributed by atoms with Gasteiger partial charge in [-0.3, -0.25) is 9.78 Å². The van der Waals surface area contributed by atoms with Crippen LogP contribution in [0.15, 0.2) is 60.8 Å². The van der Waals surface area contributed by atoms with Crippen LogP contribution in [0.5, 0.6) is 0 Å². The highest BCUT2D eigenvalue weighted by atomic mass is 16.5. The average molecular weight is 360 g/mol. The van der Waals surface area contributed by atoms with Gasteiger partial charge in [-0.25, -0.2) is 4.79 Å². The van der Waals surface area contributed by atoms with Crippen molar-refractivity contribution in [1.29, 1.82) is 0 Å². The number of carbonyl (C=O) groups excluding carboxylic acids is 2. The molecule has 0 saturated carbocycles. The summed E-state index contributed by atoms with van der Waals surface area (Å²) < 4.78 is 4.68. The highest BCUT2D eigenvalue weighted by Crippen LogP contribution is 2.24. The monoisotopic (exact) mass is 360 g/mol.